The lowest BCUT2D eigenvalue weighted by atomic mass is 9.63. The summed E-state index contributed by atoms with van der Waals surface area (Å²) in [6.45, 7) is 1.69. The summed E-state index contributed by atoms with van der Waals surface area (Å²) >= 11 is 6.37. The van der Waals surface area contributed by atoms with E-state index in [0.29, 0.717) is 56.2 Å². The Morgan fingerprint density at radius 2 is 1.95 bits per heavy atom. The molecule has 8 nitrogen and oxygen atoms in total. The summed E-state index contributed by atoms with van der Waals surface area (Å²) in [6, 6.07) is 13.4. The van der Waals surface area contributed by atoms with E-state index in [9.17, 15) is 23.6 Å². The number of benzene rings is 2. The molecule has 2 aromatic rings. The summed E-state index contributed by atoms with van der Waals surface area (Å²) in [5.74, 6) is -0.285. The summed E-state index contributed by atoms with van der Waals surface area (Å²) in [5.41, 5.74) is 1.65. The van der Waals surface area contributed by atoms with Crippen molar-refractivity contribution in [3.63, 3.8) is 0 Å². The summed E-state index contributed by atoms with van der Waals surface area (Å²) in [6.07, 6.45) is 6.28. The van der Waals surface area contributed by atoms with Gasteiger partial charge in [-0.05, 0) is 98.7 Å². The van der Waals surface area contributed by atoms with Crippen molar-refractivity contribution in [1.29, 1.82) is 5.26 Å². The minimum Gasteiger partial charge on any atom is -0.490 e. The van der Waals surface area contributed by atoms with Crippen molar-refractivity contribution in [3.05, 3.63) is 58.1 Å². The van der Waals surface area contributed by atoms with Crippen molar-refractivity contribution in [2.75, 3.05) is 30.3 Å². The molecule has 0 unspecified atom stereocenters. The predicted molar refractivity (Wildman–Crippen MR) is 157 cm³/mol. The first-order valence-corrected chi connectivity index (χ1v) is 16.6. The molecule has 6 rings (SSSR count). The molecule has 2 N–H and O–H groups in total. The van der Waals surface area contributed by atoms with Gasteiger partial charge in [0, 0.05) is 35.0 Å². The van der Waals surface area contributed by atoms with Gasteiger partial charge < -0.3 is 14.7 Å². The van der Waals surface area contributed by atoms with Crippen LogP contribution in [0.2, 0.25) is 5.02 Å². The number of aryl methyl sites for hydroxylation is 1. The Labute approximate surface area is 246 Å². The number of amides is 1. The van der Waals surface area contributed by atoms with Crippen molar-refractivity contribution in [2.45, 2.75) is 68.8 Å². The molecule has 4 aliphatic rings. The van der Waals surface area contributed by atoms with E-state index in [1.807, 2.05) is 12.1 Å². The van der Waals surface area contributed by atoms with Crippen molar-refractivity contribution in [2.24, 2.45) is 11.8 Å². The fourth-order valence-electron chi connectivity index (χ4n) is 7.39. The average Bonchev–Trinajstić information content (AvgIpc) is 3.07. The first kappa shape index (κ1) is 28.3. The standard InChI is InChI=1S/C31H36ClN3O5S/c32-24-8-10-25-21(15-24)5-4-12-30(25)19-35-17-23-6-9-26(23)31(37,18-33)13-2-1-3-14-41(38,39)34-29(36)22-7-11-28(40-20-30)27(35)16-22/h7-8,10-11,15-16,23,26,37H,1-6,9,12-14,17,19-20H2,(H,34,36)/t23-,26+,30-,31+/m0/s1. The maximum absolute atomic E-state index is 13.1. The lowest BCUT2D eigenvalue weighted by Gasteiger charge is -2.47. The minimum atomic E-state index is -3.83. The Bertz CT molecular complexity index is 1510. The van der Waals surface area contributed by atoms with Crippen LogP contribution in [0.15, 0.2) is 36.4 Å². The number of aliphatic hydroxyl groups is 1. The normalized spacial score (nSPS) is 31.3. The Kier molecular flexibility index (Phi) is 7.46. The Morgan fingerprint density at radius 1 is 1.10 bits per heavy atom. The summed E-state index contributed by atoms with van der Waals surface area (Å²) in [4.78, 5) is 15.4. The van der Waals surface area contributed by atoms with E-state index in [2.05, 4.69) is 21.8 Å². The van der Waals surface area contributed by atoms with Gasteiger partial charge in [0.05, 0.1) is 24.1 Å². The molecule has 2 aliphatic heterocycles. The van der Waals surface area contributed by atoms with E-state index >= 15 is 0 Å². The second-order valence-corrected chi connectivity index (χ2v) is 14.6. The van der Waals surface area contributed by atoms with E-state index in [0.717, 1.165) is 37.8 Å². The van der Waals surface area contributed by atoms with Gasteiger partial charge in [0.25, 0.3) is 5.91 Å². The van der Waals surface area contributed by atoms with Crippen molar-refractivity contribution < 1.29 is 23.1 Å². The second kappa shape index (κ2) is 10.8. The molecule has 2 aromatic carbocycles. The molecule has 2 heterocycles. The van der Waals surface area contributed by atoms with Crippen LogP contribution in [0.25, 0.3) is 0 Å². The largest absolute Gasteiger partial charge is 0.490 e. The third kappa shape index (κ3) is 5.42. The van der Waals surface area contributed by atoms with Crippen LogP contribution in [0.4, 0.5) is 5.69 Å². The molecule has 10 heteroatoms. The molecule has 0 radical (unpaired) electrons. The van der Waals surface area contributed by atoms with Gasteiger partial charge in [-0.2, -0.15) is 5.26 Å². The topological polar surface area (TPSA) is 120 Å². The molecule has 1 saturated carbocycles. The number of hydrogen-bond donors (Lipinski definition) is 2. The number of fused-ring (bicyclic) bond motifs is 4. The Hall–Kier alpha value is -2.80. The van der Waals surface area contributed by atoms with Gasteiger partial charge in [0.1, 0.15) is 5.75 Å². The van der Waals surface area contributed by atoms with Crippen LogP contribution in [0.3, 0.4) is 0 Å². The van der Waals surface area contributed by atoms with Gasteiger partial charge in [-0.25, -0.2) is 13.1 Å². The SMILES string of the molecule is N#C[C@]1(O)CCCCCS(=O)(=O)NC(=O)c2ccc3c(c2)N(C[C@@H]2CC[C@H]21)C[C@@]1(CCCc2cc(Cl)ccc21)CO3. The number of hydrogen-bond acceptors (Lipinski definition) is 7. The predicted octanol–water partition coefficient (Wildman–Crippen LogP) is 4.73. The lowest BCUT2D eigenvalue weighted by molar-refractivity contribution is -0.0458. The van der Waals surface area contributed by atoms with Crippen LogP contribution in [0.5, 0.6) is 5.75 Å². The van der Waals surface area contributed by atoms with E-state index in [-0.39, 0.29) is 28.6 Å². The Balaban J connectivity index is 1.43. The van der Waals surface area contributed by atoms with Gasteiger partial charge in [-0.15, -0.1) is 0 Å². The van der Waals surface area contributed by atoms with Crippen molar-refractivity contribution >= 4 is 33.2 Å². The summed E-state index contributed by atoms with van der Waals surface area (Å²) < 4.78 is 34.1. The third-order valence-electron chi connectivity index (χ3n) is 9.70. The first-order valence-electron chi connectivity index (χ1n) is 14.6. The minimum absolute atomic E-state index is 0.0988. The maximum Gasteiger partial charge on any atom is 0.264 e. The molecule has 4 atom stereocenters. The number of nitriles is 1. The maximum atomic E-state index is 13.1. The van der Waals surface area contributed by atoms with Crippen LogP contribution < -0.4 is 14.4 Å². The highest BCUT2D eigenvalue weighted by Crippen LogP contribution is 2.48. The molecular formula is C31H36ClN3O5S. The van der Waals surface area contributed by atoms with Crippen LogP contribution >= 0.6 is 11.6 Å². The van der Waals surface area contributed by atoms with Crippen molar-refractivity contribution in [1.82, 2.24) is 4.72 Å². The van der Waals surface area contributed by atoms with Crippen LogP contribution in [0.1, 0.15) is 72.9 Å². The van der Waals surface area contributed by atoms with E-state index in [4.69, 9.17) is 16.3 Å². The molecule has 218 valence electrons. The van der Waals surface area contributed by atoms with Crippen molar-refractivity contribution in [3.8, 4) is 11.8 Å². The molecule has 0 aromatic heterocycles. The fourth-order valence-corrected chi connectivity index (χ4v) is 8.67. The van der Waals surface area contributed by atoms with Crippen LogP contribution in [-0.2, 0) is 21.9 Å². The van der Waals surface area contributed by atoms with Gasteiger partial charge in [-0.1, -0.05) is 24.1 Å². The molecule has 1 spiro atoms. The number of carbonyl (C=O) groups excluding carboxylic acids is 1. The molecule has 2 bridgehead atoms. The number of nitrogens with one attached hydrogen (secondary N) is 1. The zero-order chi connectivity index (χ0) is 28.8. The second-order valence-electron chi connectivity index (χ2n) is 12.3. The van der Waals surface area contributed by atoms with Gasteiger partial charge in [-0.3, -0.25) is 4.79 Å². The van der Waals surface area contributed by atoms with Gasteiger partial charge >= 0.3 is 0 Å². The van der Waals surface area contributed by atoms with Gasteiger partial charge in [0.2, 0.25) is 10.0 Å². The lowest BCUT2D eigenvalue weighted by Crippen LogP contribution is -2.52. The zero-order valence-corrected chi connectivity index (χ0v) is 24.6. The number of carbonyl (C=O) groups is 1. The monoisotopic (exact) mass is 597 g/mol. The molecule has 41 heavy (non-hydrogen) atoms. The summed E-state index contributed by atoms with van der Waals surface area (Å²) in [7, 11) is -3.83. The number of sulfonamides is 1. The fraction of sp³-hybridized carbons (Fsp3) is 0.548. The highest BCUT2D eigenvalue weighted by molar-refractivity contribution is 7.90. The number of halogens is 1. The molecule has 1 amide bonds. The number of ether oxygens (including phenoxy) is 1. The number of anilines is 1. The zero-order valence-electron chi connectivity index (χ0n) is 23.1. The molecule has 1 fully saturated rings. The number of rotatable bonds is 0. The molecule has 0 saturated heterocycles. The van der Waals surface area contributed by atoms with E-state index in [1.54, 1.807) is 18.2 Å². The van der Waals surface area contributed by atoms with E-state index < -0.39 is 21.5 Å². The Morgan fingerprint density at radius 3 is 2.73 bits per heavy atom. The number of nitrogens with zero attached hydrogens (tertiary/aromatic N) is 2. The van der Waals surface area contributed by atoms with E-state index in [1.165, 1.54) is 11.1 Å². The first-order chi connectivity index (χ1) is 19.6. The van der Waals surface area contributed by atoms with Crippen LogP contribution in [0, 0.1) is 23.2 Å². The third-order valence-corrected chi connectivity index (χ3v) is 11.3. The smallest absolute Gasteiger partial charge is 0.264 e. The molecular weight excluding hydrogens is 562 g/mol. The quantitative estimate of drug-likeness (QED) is 0.421. The average molecular weight is 598 g/mol. The molecule has 2 aliphatic carbocycles. The highest BCUT2D eigenvalue weighted by atomic mass is 35.5. The van der Waals surface area contributed by atoms with Crippen LogP contribution in [-0.4, -0.2) is 50.5 Å². The van der Waals surface area contributed by atoms with Gasteiger partial charge in [0.15, 0.2) is 5.60 Å². The highest BCUT2D eigenvalue weighted by Gasteiger charge is 2.49. The summed E-state index contributed by atoms with van der Waals surface area (Å²) in [5, 5.41) is 22.2.